The molecule has 1 saturated heterocycles. The Kier molecular flexibility index (Phi) is 6.33. The number of allylic oxidation sites excluding steroid dienone is 4. The molecule has 0 unspecified atom stereocenters. The molecule has 2 rings (SSSR count). The fourth-order valence-electron chi connectivity index (χ4n) is 2.61. The Labute approximate surface area is 123 Å². The van der Waals surface area contributed by atoms with Gasteiger partial charge in [-0.3, -0.25) is 0 Å². The molecule has 1 heteroatoms. The van der Waals surface area contributed by atoms with Crippen molar-refractivity contribution >= 4 is 6.08 Å². The first-order chi connectivity index (χ1) is 9.88. The zero-order valence-corrected chi connectivity index (χ0v) is 12.3. The number of nitrogens with zero attached hydrogens (tertiary/aromatic N) is 1. The van der Waals surface area contributed by atoms with Gasteiger partial charge in [-0.2, -0.15) is 0 Å². The number of benzene rings is 1. The van der Waals surface area contributed by atoms with Gasteiger partial charge in [-0.1, -0.05) is 61.2 Å². The zero-order chi connectivity index (χ0) is 14.0. The van der Waals surface area contributed by atoms with Crippen LogP contribution in [0.5, 0.6) is 0 Å². The second-order valence-electron chi connectivity index (χ2n) is 5.37. The third-order valence-corrected chi connectivity index (χ3v) is 3.80. The summed E-state index contributed by atoms with van der Waals surface area (Å²) >= 11 is 0. The Bertz CT molecular complexity index is 450. The SMILES string of the molecule is C=C/C(=C\C=C\c1ccccc1)CCCN1CCCC1. The Hall–Kier alpha value is -1.60. The van der Waals surface area contributed by atoms with Gasteiger partial charge in [0.15, 0.2) is 0 Å². The maximum absolute atomic E-state index is 3.92. The molecule has 0 aliphatic carbocycles. The van der Waals surface area contributed by atoms with Gasteiger partial charge in [-0.25, -0.2) is 0 Å². The van der Waals surface area contributed by atoms with Crippen LogP contribution in [0.2, 0.25) is 0 Å². The monoisotopic (exact) mass is 267 g/mol. The van der Waals surface area contributed by atoms with E-state index in [1.807, 2.05) is 12.1 Å². The Morgan fingerprint density at radius 3 is 2.60 bits per heavy atom. The van der Waals surface area contributed by atoms with Crippen LogP contribution in [-0.4, -0.2) is 24.5 Å². The van der Waals surface area contributed by atoms with Crippen molar-refractivity contribution in [1.82, 2.24) is 4.90 Å². The van der Waals surface area contributed by atoms with E-state index in [9.17, 15) is 0 Å². The summed E-state index contributed by atoms with van der Waals surface area (Å²) in [5, 5.41) is 0. The van der Waals surface area contributed by atoms with E-state index < -0.39 is 0 Å². The van der Waals surface area contributed by atoms with Crippen LogP contribution >= 0.6 is 0 Å². The summed E-state index contributed by atoms with van der Waals surface area (Å²) in [7, 11) is 0. The van der Waals surface area contributed by atoms with Crippen LogP contribution in [0.15, 0.2) is 60.7 Å². The molecule has 1 aromatic carbocycles. The van der Waals surface area contributed by atoms with Crippen LogP contribution in [0, 0.1) is 0 Å². The van der Waals surface area contributed by atoms with E-state index in [-0.39, 0.29) is 0 Å². The number of hydrogen-bond donors (Lipinski definition) is 0. The summed E-state index contributed by atoms with van der Waals surface area (Å²) < 4.78 is 0. The average Bonchev–Trinajstić information content (AvgIpc) is 3.00. The van der Waals surface area contributed by atoms with Gasteiger partial charge in [0, 0.05) is 0 Å². The quantitative estimate of drug-likeness (QED) is 0.648. The van der Waals surface area contributed by atoms with E-state index in [1.165, 1.54) is 50.0 Å². The first-order valence-electron chi connectivity index (χ1n) is 7.65. The normalized spacial score (nSPS) is 16.9. The Balaban J connectivity index is 1.76. The van der Waals surface area contributed by atoms with Crippen molar-refractivity contribution < 1.29 is 0 Å². The molecule has 0 spiro atoms. The van der Waals surface area contributed by atoms with E-state index in [0.717, 1.165) is 6.42 Å². The predicted octanol–water partition coefficient (Wildman–Crippen LogP) is 4.69. The maximum atomic E-state index is 3.92. The van der Waals surface area contributed by atoms with E-state index in [0.29, 0.717) is 0 Å². The van der Waals surface area contributed by atoms with E-state index in [1.54, 1.807) is 0 Å². The summed E-state index contributed by atoms with van der Waals surface area (Å²) in [5.41, 5.74) is 2.57. The van der Waals surface area contributed by atoms with Crippen molar-refractivity contribution in [1.29, 1.82) is 0 Å². The third kappa shape index (κ3) is 5.18. The van der Waals surface area contributed by atoms with Crippen molar-refractivity contribution in [3.63, 3.8) is 0 Å². The second kappa shape index (κ2) is 8.55. The molecule has 0 aromatic heterocycles. The highest BCUT2D eigenvalue weighted by atomic mass is 15.1. The van der Waals surface area contributed by atoms with E-state index in [2.05, 4.69) is 54.0 Å². The molecule has 20 heavy (non-hydrogen) atoms. The average molecular weight is 267 g/mol. The fraction of sp³-hybridized carbons (Fsp3) is 0.368. The topological polar surface area (TPSA) is 3.24 Å². The molecule has 0 radical (unpaired) electrons. The molecule has 0 amide bonds. The van der Waals surface area contributed by atoms with Gasteiger partial charge in [0.1, 0.15) is 0 Å². The first-order valence-corrected chi connectivity index (χ1v) is 7.65. The van der Waals surface area contributed by atoms with Crippen LogP contribution < -0.4 is 0 Å². The lowest BCUT2D eigenvalue weighted by Crippen LogP contribution is -2.20. The minimum absolute atomic E-state index is 1.12. The number of likely N-dealkylation sites (tertiary alicyclic amines) is 1. The number of hydrogen-bond acceptors (Lipinski definition) is 1. The molecule has 0 atom stereocenters. The molecule has 1 nitrogen and oxygen atoms in total. The predicted molar refractivity (Wildman–Crippen MR) is 88.7 cm³/mol. The van der Waals surface area contributed by atoms with Gasteiger partial charge in [0.05, 0.1) is 0 Å². The molecule has 1 fully saturated rings. The summed E-state index contributed by atoms with van der Waals surface area (Å²) in [6.45, 7) is 7.74. The summed E-state index contributed by atoms with van der Waals surface area (Å²) in [6, 6.07) is 10.4. The molecule has 1 heterocycles. The molecule has 0 N–H and O–H groups in total. The van der Waals surface area contributed by atoms with Crippen molar-refractivity contribution in [2.24, 2.45) is 0 Å². The Morgan fingerprint density at radius 1 is 1.15 bits per heavy atom. The maximum Gasteiger partial charge on any atom is -0.00156 e. The summed E-state index contributed by atoms with van der Waals surface area (Å²) in [6.07, 6.45) is 13.6. The van der Waals surface area contributed by atoms with Gasteiger partial charge in [0.2, 0.25) is 0 Å². The standard InChI is InChI=1S/C19H25N/c1-2-18(14-9-17-20-15-6-7-16-20)12-8-13-19-10-4-3-5-11-19/h2-5,8,10-13H,1,6-7,9,14-17H2/b13-8+,18-12+. The van der Waals surface area contributed by atoms with Gasteiger partial charge in [-0.05, 0) is 56.5 Å². The van der Waals surface area contributed by atoms with Gasteiger partial charge < -0.3 is 4.90 Å². The fourth-order valence-corrected chi connectivity index (χ4v) is 2.61. The molecular weight excluding hydrogens is 242 g/mol. The highest BCUT2D eigenvalue weighted by molar-refractivity contribution is 5.51. The smallest absolute Gasteiger partial charge is 0.00156 e. The molecule has 1 aliphatic heterocycles. The van der Waals surface area contributed by atoms with Crippen molar-refractivity contribution in [2.45, 2.75) is 25.7 Å². The minimum Gasteiger partial charge on any atom is -0.303 e. The lowest BCUT2D eigenvalue weighted by Gasteiger charge is -2.13. The highest BCUT2D eigenvalue weighted by Gasteiger charge is 2.10. The van der Waals surface area contributed by atoms with Crippen LogP contribution in [-0.2, 0) is 0 Å². The molecule has 106 valence electrons. The van der Waals surface area contributed by atoms with Crippen LogP contribution in [0.4, 0.5) is 0 Å². The first kappa shape index (κ1) is 14.8. The van der Waals surface area contributed by atoms with Crippen LogP contribution in [0.25, 0.3) is 6.08 Å². The second-order valence-corrected chi connectivity index (χ2v) is 5.37. The lowest BCUT2D eigenvalue weighted by atomic mass is 10.1. The van der Waals surface area contributed by atoms with Crippen molar-refractivity contribution in [2.75, 3.05) is 19.6 Å². The molecule has 0 bridgehead atoms. The van der Waals surface area contributed by atoms with E-state index >= 15 is 0 Å². The summed E-state index contributed by atoms with van der Waals surface area (Å²) in [4.78, 5) is 2.57. The lowest BCUT2D eigenvalue weighted by molar-refractivity contribution is 0.334. The van der Waals surface area contributed by atoms with Gasteiger partial charge >= 0.3 is 0 Å². The van der Waals surface area contributed by atoms with Crippen LogP contribution in [0.3, 0.4) is 0 Å². The van der Waals surface area contributed by atoms with E-state index in [4.69, 9.17) is 0 Å². The highest BCUT2D eigenvalue weighted by Crippen LogP contribution is 2.12. The molecule has 0 saturated carbocycles. The zero-order valence-electron chi connectivity index (χ0n) is 12.3. The van der Waals surface area contributed by atoms with Gasteiger partial charge in [0.25, 0.3) is 0 Å². The molecule has 1 aromatic rings. The van der Waals surface area contributed by atoms with Gasteiger partial charge in [-0.15, -0.1) is 0 Å². The number of rotatable bonds is 7. The summed E-state index contributed by atoms with van der Waals surface area (Å²) in [5.74, 6) is 0. The largest absolute Gasteiger partial charge is 0.303 e. The van der Waals surface area contributed by atoms with Crippen molar-refractivity contribution in [3.8, 4) is 0 Å². The van der Waals surface area contributed by atoms with Crippen molar-refractivity contribution in [3.05, 3.63) is 66.3 Å². The molecule has 1 aliphatic rings. The third-order valence-electron chi connectivity index (χ3n) is 3.80. The Morgan fingerprint density at radius 2 is 1.90 bits per heavy atom. The molecular formula is C19H25N. The minimum atomic E-state index is 1.12. The van der Waals surface area contributed by atoms with Crippen LogP contribution in [0.1, 0.15) is 31.2 Å².